The number of carbonyl (C=O) groups is 1. The second kappa shape index (κ2) is 4.59. The molecule has 0 aromatic heterocycles. The van der Waals surface area contributed by atoms with Crippen molar-refractivity contribution in [2.24, 2.45) is 5.41 Å². The van der Waals surface area contributed by atoms with Crippen molar-refractivity contribution < 1.29 is 14.6 Å². The first-order chi connectivity index (χ1) is 7.65. The van der Waals surface area contributed by atoms with E-state index in [9.17, 15) is 4.79 Å². The van der Waals surface area contributed by atoms with E-state index in [0.29, 0.717) is 5.41 Å². The van der Waals surface area contributed by atoms with Crippen LogP contribution in [0.25, 0.3) is 0 Å². The number of methoxy groups -OCH3 is 1. The van der Waals surface area contributed by atoms with E-state index in [1.807, 2.05) is 0 Å². The van der Waals surface area contributed by atoms with Crippen LogP contribution >= 0.6 is 0 Å². The fourth-order valence-electron chi connectivity index (χ4n) is 2.69. The zero-order valence-corrected chi connectivity index (χ0v) is 9.81. The molecule has 0 saturated carbocycles. The van der Waals surface area contributed by atoms with Gasteiger partial charge in [0.15, 0.2) is 0 Å². The van der Waals surface area contributed by atoms with Gasteiger partial charge in [-0.05, 0) is 25.9 Å². The Bertz CT molecular complexity index is 254. The molecule has 0 aliphatic carbocycles. The standard InChI is InChI=1S/C11H20N2O3/c1-16-7-6-12-4-2-11(3-5-12)8-13(9-11)10(14)15/h2-9H2,1H3,(H,14,15). The smallest absolute Gasteiger partial charge is 0.407 e. The average Bonchev–Trinajstić information content (AvgIpc) is 2.23. The molecule has 2 aliphatic heterocycles. The second-order valence-electron chi connectivity index (χ2n) is 4.97. The van der Waals surface area contributed by atoms with Crippen molar-refractivity contribution in [1.29, 1.82) is 0 Å². The van der Waals surface area contributed by atoms with Crippen molar-refractivity contribution in [3.63, 3.8) is 0 Å². The molecule has 0 atom stereocenters. The highest BCUT2D eigenvalue weighted by Gasteiger charge is 2.46. The number of rotatable bonds is 3. The lowest BCUT2D eigenvalue weighted by atomic mass is 9.72. The quantitative estimate of drug-likeness (QED) is 0.773. The third-order valence-corrected chi connectivity index (χ3v) is 3.85. The number of carboxylic acid groups (broad SMARTS) is 1. The lowest BCUT2D eigenvalue weighted by Gasteiger charge is -2.52. The van der Waals surface area contributed by atoms with Crippen molar-refractivity contribution in [1.82, 2.24) is 9.80 Å². The minimum atomic E-state index is -0.771. The molecule has 0 aromatic rings. The van der Waals surface area contributed by atoms with Gasteiger partial charge in [0.25, 0.3) is 0 Å². The summed E-state index contributed by atoms with van der Waals surface area (Å²) in [5, 5.41) is 8.81. The molecule has 1 N–H and O–H groups in total. The third kappa shape index (κ3) is 2.30. The molecule has 0 bridgehead atoms. The maximum Gasteiger partial charge on any atom is 0.407 e. The summed E-state index contributed by atoms with van der Waals surface area (Å²) in [5.74, 6) is 0. The number of ether oxygens (including phenoxy) is 1. The van der Waals surface area contributed by atoms with Crippen LogP contribution in [0.5, 0.6) is 0 Å². The minimum Gasteiger partial charge on any atom is -0.465 e. The molecule has 2 rings (SSSR count). The van der Waals surface area contributed by atoms with Crippen LogP contribution in [-0.4, -0.2) is 67.4 Å². The van der Waals surface area contributed by atoms with Crippen LogP contribution in [0.4, 0.5) is 4.79 Å². The highest BCUT2D eigenvalue weighted by molar-refractivity contribution is 5.66. The average molecular weight is 228 g/mol. The summed E-state index contributed by atoms with van der Waals surface area (Å²) in [7, 11) is 1.72. The van der Waals surface area contributed by atoms with Gasteiger partial charge in [0.05, 0.1) is 6.61 Å². The van der Waals surface area contributed by atoms with E-state index in [2.05, 4.69) is 4.90 Å². The Balaban J connectivity index is 1.72. The predicted molar refractivity (Wildman–Crippen MR) is 59.6 cm³/mol. The van der Waals surface area contributed by atoms with E-state index in [4.69, 9.17) is 9.84 Å². The van der Waals surface area contributed by atoms with E-state index in [0.717, 1.165) is 52.2 Å². The highest BCUT2D eigenvalue weighted by Crippen LogP contribution is 2.40. The Morgan fingerprint density at radius 1 is 1.38 bits per heavy atom. The topological polar surface area (TPSA) is 53.0 Å². The molecule has 1 amide bonds. The van der Waals surface area contributed by atoms with Gasteiger partial charge < -0.3 is 19.6 Å². The molecule has 0 aromatic carbocycles. The van der Waals surface area contributed by atoms with Gasteiger partial charge in [-0.15, -0.1) is 0 Å². The Kier molecular flexibility index (Phi) is 3.35. The highest BCUT2D eigenvalue weighted by atomic mass is 16.5. The maximum atomic E-state index is 10.7. The Labute approximate surface area is 96.0 Å². The first-order valence-electron chi connectivity index (χ1n) is 5.84. The first-order valence-corrected chi connectivity index (χ1v) is 5.84. The second-order valence-corrected chi connectivity index (χ2v) is 4.97. The fourth-order valence-corrected chi connectivity index (χ4v) is 2.69. The van der Waals surface area contributed by atoms with Gasteiger partial charge in [-0.1, -0.05) is 0 Å². The third-order valence-electron chi connectivity index (χ3n) is 3.85. The summed E-state index contributed by atoms with van der Waals surface area (Å²) >= 11 is 0. The summed E-state index contributed by atoms with van der Waals surface area (Å²) in [6.45, 7) is 5.41. The molecule has 5 heteroatoms. The van der Waals surface area contributed by atoms with Crippen LogP contribution in [0.1, 0.15) is 12.8 Å². The summed E-state index contributed by atoms with van der Waals surface area (Å²) in [4.78, 5) is 14.6. The fraction of sp³-hybridized carbons (Fsp3) is 0.909. The van der Waals surface area contributed by atoms with Gasteiger partial charge in [0.2, 0.25) is 0 Å². The zero-order valence-electron chi connectivity index (χ0n) is 9.81. The zero-order chi connectivity index (χ0) is 11.6. The Hall–Kier alpha value is -0.810. The van der Waals surface area contributed by atoms with E-state index >= 15 is 0 Å². The van der Waals surface area contributed by atoms with Crippen LogP contribution < -0.4 is 0 Å². The molecule has 0 radical (unpaired) electrons. The van der Waals surface area contributed by atoms with Crippen LogP contribution in [0.15, 0.2) is 0 Å². The molecule has 2 heterocycles. The predicted octanol–water partition coefficient (Wildman–Crippen LogP) is 0.709. The molecule has 92 valence electrons. The van der Waals surface area contributed by atoms with E-state index < -0.39 is 6.09 Å². The summed E-state index contributed by atoms with van der Waals surface area (Å²) in [5.41, 5.74) is 0.294. The van der Waals surface area contributed by atoms with E-state index in [1.54, 1.807) is 7.11 Å². The molecule has 16 heavy (non-hydrogen) atoms. The summed E-state index contributed by atoms with van der Waals surface area (Å²) in [6, 6.07) is 0. The van der Waals surface area contributed by atoms with Crippen molar-refractivity contribution in [2.75, 3.05) is 46.4 Å². The maximum absolute atomic E-state index is 10.7. The monoisotopic (exact) mass is 228 g/mol. The van der Waals surface area contributed by atoms with Crippen molar-refractivity contribution in [2.45, 2.75) is 12.8 Å². The Morgan fingerprint density at radius 3 is 2.50 bits per heavy atom. The van der Waals surface area contributed by atoms with Crippen LogP contribution in [0.2, 0.25) is 0 Å². The van der Waals surface area contributed by atoms with E-state index in [1.165, 1.54) is 4.90 Å². The first kappa shape index (κ1) is 11.7. The minimum absolute atomic E-state index is 0.294. The van der Waals surface area contributed by atoms with Gasteiger partial charge >= 0.3 is 6.09 Å². The van der Waals surface area contributed by atoms with Crippen molar-refractivity contribution in [3.05, 3.63) is 0 Å². The SMILES string of the molecule is COCCN1CCC2(CC1)CN(C(=O)O)C2. The normalized spacial score (nSPS) is 24.4. The lowest BCUT2D eigenvalue weighted by Crippen LogP contribution is -2.61. The van der Waals surface area contributed by atoms with Gasteiger partial charge in [-0.2, -0.15) is 0 Å². The number of nitrogens with zero attached hydrogens (tertiary/aromatic N) is 2. The number of likely N-dealkylation sites (tertiary alicyclic amines) is 2. The van der Waals surface area contributed by atoms with Crippen molar-refractivity contribution in [3.8, 4) is 0 Å². The number of piperidine rings is 1. The van der Waals surface area contributed by atoms with E-state index in [-0.39, 0.29) is 0 Å². The number of hydrogen-bond donors (Lipinski definition) is 1. The Morgan fingerprint density at radius 2 is 2.00 bits per heavy atom. The van der Waals surface area contributed by atoms with Crippen LogP contribution in [0, 0.1) is 5.41 Å². The van der Waals surface area contributed by atoms with Gasteiger partial charge in [-0.3, -0.25) is 0 Å². The molecule has 2 fully saturated rings. The van der Waals surface area contributed by atoms with Gasteiger partial charge in [0, 0.05) is 32.2 Å². The molecular formula is C11H20N2O3. The number of hydrogen-bond acceptors (Lipinski definition) is 3. The van der Waals surface area contributed by atoms with Gasteiger partial charge in [0.1, 0.15) is 0 Å². The molecule has 1 spiro atoms. The summed E-state index contributed by atoms with van der Waals surface area (Å²) < 4.78 is 5.06. The lowest BCUT2D eigenvalue weighted by molar-refractivity contribution is -0.0365. The van der Waals surface area contributed by atoms with Gasteiger partial charge in [-0.25, -0.2) is 4.79 Å². The van der Waals surface area contributed by atoms with Crippen LogP contribution in [-0.2, 0) is 4.74 Å². The number of amides is 1. The van der Waals surface area contributed by atoms with Crippen molar-refractivity contribution >= 4 is 6.09 Å². The molecular weight excluding hydrogens is 208 g/mol. The largest absolute Gasteiger partial charge is 0.465 e. The summed E-state index contributed by atoms with van der Waals surface area (Å²) in [6.07, 6.45) is 1.48. The molecule has 2 aliphatic rings. The molecule has 5 nitrogen and oxygen atoms in total. The van der Waals surface area contributed by atoms with Crippen LogP contribution in [0.3, 0.4) is 0 Å². The molecule has 2 saturated heterocycles. The molecule has 0 unspecified atom stereocenters.